The Kier molecular flexibility index (Phi) is 3.82. The van der Waals surface area contributed by atoms with E-state index in [4.69, 9.17) is 21.1 Å². The van der Waals surface area contributed by atoms with Gasteiger partial charge in [-0.3, -0.25) is 4.72 Å². The quantitative estimate of drug-likeness (QED) is 0.795. The Bertz CT molecular complexity index is 969. The molecule has 1 saturated carbocycles. The summed E-state index contributed by atoms with van der Waals surface area (Å²) < 4.78 is 52.2. The molecule has 1 aromatic heterocycles. The van der Waals surface area contributed by atoms with Crippen LogP contribution in [0.3, 0.4) is 0 Å². The number of nitrogens with one attached hydrogen (secondary N) is 1. The van der Waals surface area contributed by atoms with Gasteiger partial charge in [-0.25, -0.2) is 17.8 Å². The minimum atomic E-state index is -3.94. The van der Waals surface area contributed by atoms with E-state index in [0.29, 0.717) is 5.56 Å². The standard InChI is InChI=1S/C17H16ClFN2O4S/c1-16-9-17(16,2)25-15(24-16)10-7-13(14(18)20-8-10)21-26(22,23)12-5-3-11(19)4-6-12/h3-8,15,21H,9H2,1-2H3. The molecule has 1 N–H and O–H groups in total. The number of fused-ring (bicyclic) bond motifs is 1. The Morgan fingerprint density at radius 3 is 2.46 bits per heavy atom. The number of halogens is 2. The maximum absolute atomic E-state index is 13.0. The molecule has 138 valence electrons. The van der Waals surface area contributed by atoms with E-state index in [2.05, 4.69) is 9.71 Å². The zero-order chi connectivity index (χ0) is 18.7. The predicted molar refractivity (Wildman–Crippen MR) is 92.8 cm³/mol. The van der Waals surface area contributed by atoms with Gasteiger partial charge >= 0.3 is 0 Å². The van der Waals surface area contributed by atoms with Gasteiger partial charge in [-0.2, -0.15) is 0 Å². The maximum atomic E-state index is 13.0. The van der Waals surface area contributed by atoms with Crippen LogP contribution < -0.4 is 4.72 Å². The predicted octanol–water partition coefficient (Wildman–Crippen LogP) is 3.64. The van der Waals surface area contributed by atoms with Gasteiger partial charge in [0.15, 0.2) is 11.4 Å². The number of sulfonamides is 1. The molecule has 0 amide bonds. The summed E-state index contributed by atoms with van der Waals surface area (Å²) in [5, 5.41) is -0.0139. The Balaban J connectivity index is 1.60. The number of rotatable bonds is 4. The van der Waals surface area contributed by atoms with E-state index in [-0.39, 0.29) is 26.9 Å². The summed E-state index contributed by atoms with van der Waals surface area (Å²) in [6.45, 7) is 3.93. The lowest BCUT2D eigenvalue weighted by Gasteiger charge is -2.17. The van der Waals surface area contributed by atoms with Gasteiger partial charge in [0.05, 0.1) is 10.6 Å². The summed E-state index contributed by atoms with van der Waals surface area (Å²) in [7, 11) is -3.94. The van der Waals surface area contributed by atoms with Gasteiger partial charge in [-0.05, 0) is 44.2 Å². The molecule has 2 unspecified atom stereocenters. The normalized spacial score (nSPS) is 30.1. The molecule has 2 aliphatic rings. The number of nitrogens with zero attached hydrogens (tertiary/aromatic N) is 1. The highest BCUT2D eigenvalue weighted by atomic mass is 35.5. The molecule has 0 bridgehead atoms. The molecule has 4 rings (SSSR count). The van der Waals surface area contributed by atoms with Crippen molar-refractivity contribution in [3.8, 4) is 0 Å². The fourth-order valence-electron chi connectivity index (χ4n) is 3.05. The van der Waals surface area contributed by atoms with E-state index in [1.54, 1.807) is 0 Å². The number of benzene rings is 1. The Morgan fingerprint density at radius 2 is 1.85 bits per heavy atom. The molecule has 1 aromatic carbocycles. The van der Waals surface area contributed by atoms with Gasteiger partial charge in [-0.15, -0.1) is 0 Å². The molecule has 26 heavy (non-hydrogen) atoms. The second-order valence-corrected chi connectivity index (χ2v) is 8.91. The topological polar surface area (TPSA) is 77.5 Å². The molecule has 0 spiro atoms. The van der Waals surface area contributed by atoms with E-state index >= 15 is 0 Å². The molecule has 1 aliphatic carbocycles. The van der Waals surface area contributed by atoms with Crippen molar-refractivity contribution in [2.24, 2.45) is 0 Å². The largest absolute Gasteiger partial charge is 0.339 e. The smallest absolute Gasteiger partial charge is 0.261 e. The van der Waals surface area contributed by atoms with Crippen LogP contribution in [0.1, 0.15) is 32.1 Å². The fraction of sp³-hybridized carbons (Fsp3) is 0.353. The van der Waals surface area contributed by atoms with Crippen molar-refractivity contribution in [3.63, 3.8) is 0 Å². The van der Waals surface area contributed by atoms with E-state index in [0.717, 1.165) is 18.6 Å². The summed E-state index contributed by atoms with van der Waals surface area (Å²) in [6, 6.07) is 6.00. The molecular formula is C17H16ClFN2O4S. The summed E-state index contributed by atoms with van der Waals surface area (Å²) in [4.78, 5) is 3.93. The fourth-order valence-corrected chi connectivity index (χ4v) is 4.31. The molecule has 6 nitrogen and oxygen atoms in total. The molecule has 2 atom stereocenters. The highest BCUT2D eigenvalue weighted by Gasteiger charge is 2.70. The minimum absolute atomic E-state index is 0.0139. The van der Waals surface area contributed by atoms with Crippen LogP contribution in [0.25, 0.3) is 0 Å². The first kappa shape index (κ1) is 17.7. The number of aromatic nitrogens is 1. The lowest BCUT2D eigenvalue weighted by Crippen LogP contribution is -2.15. The lowest BCUT2D eigenvalue weighted by molar-refractivity contribution is -0.119. The third-order valence-corrected chi connectivity index (χ3v) is 6.59. The molecule has 2 heterocycles. The van der Waals surface area contributed by atoms with Crippen molar-refractivity contribution in [1.29, 1.82) is 0 Å². The summed E-state index contributed by atoms with van der Waals surface area (Å²) >= 11 is 6.03. The second-order valence-electron chi connectivity index (χ2n) is 6.87. The van der Waals surface area contributed by atoms with Crippen LogP contribution in [0.4, 0.5) is 10.1 Å². The number of anilines is 1. The van der Waals surface area contributed by atoms with E-state index in [1.807, 2.05) is 13.8 Å². The van der Waals surface area contributed by atoms with E-state index in [1.165, 1.54) is 24.4 Å². The first-order valence-corrected chi connectivity index (χ1v) is 9.78. The third kappa shape index (κ3) is 2.87. The van der Waals surface area contributed by atoms with Gasteiger partial charge in [0.25, 0.3) is 10.0 Å². The first-order chi connectivity index (χ1) is 12.1. The van der Waals surface area contributed by atoms with Crippen molar-refractivity contribution in [2.45, 2.75) is 42.7 Å². The summed E-state index contributed by atoms with van der Waals surface area (Å²) in [5.74, 6) is -0.526. The monoisotopic (exact) mass is 398 g/mol. The van der Waals surface area contributed by atoms with E-state index < -0.39 is 22.1 Å². The Hall–Kier alpha value is -1.74. The molecule has 2 aromatic rings. The van der Waals surface area contributed by atoms with Gasteiger partial charge in [0.2, 0.25) is 0 Å². The zero-order valence-electron chi connectivity index (χ0n) is 14.0. The molecule has 0 radical (unpaired) electrons. The van der Waals surface area contributed by atoms with E-state index in [9.17, 15) is 12.8 Å². The van der Waals surface area contributed by atoms with Crippen LogP contribution in [0.5, 0.6) is 0 Å². The van der Waals surface area contributed by atoms with Crippen LogP contribution in [0.2, 0.25) is 5.15 Å². The highest BCUT2D eigenvalue weighted by Crippen LogP contribution is 2.62. The van der Waals surface area contributed by atoms with Gasteiger partial charge in [0, 0.05) is 18.2 Å². The molecule has 2 fully saturated rings. The molecule has 1 saturated heterocycles. The maximum Gasteiger partial charge on any atom is 0.261 e. The van der Waals surface area contributed by atoms with Gasteiger partial charge in [0.1, 0.15) is 17.0 Å². The van der Waals surface area contributed by atoms with Crippen LogP contribution in [-0.4, -0.2) is 24.6 Å². The minimum Gasteiger partial charge on any atom is -0.339 e. The SMILES string of the molecule is CC12CC1(C)OC(c1cnc(Cl)c(NS(=O)(=O)c3ccc(F)cc3)c1)O2. The number of ether oxygens (including phenoxy) is 2. The van der Waals surface area contributed by atoms with Gasteiger partial charge in [-0.1, -0.05) is 11.6 Å². The van der Waals surface area contributed by atoms with Crippen molar-refractivity contribution < 1.29 is 22.3 Å². The molecular weight excluding hydrogens is 383 g/mol. The average molecular weight is 399 g/mol. The number of pyridine rings is 1. The van der Waals surface area contributed by atoms with Crippen molar-refractivity contribution in [1.82, 2.24) is 4.98 Å². The summed E-state index contributed by atoms with van der Waals surface area (Å²) in [5.41, 5.74) is -0.0340. The van der Waals surface area contributed by atoms with Crippen LogP contribution >= 0.6 is 11.6 Å². The van der Waals surface area contributed by atoms with Crippen LogP contribution in [-0.2, 0) is 19.5 Å². The van der Waals surface area contributed by atoms with Crippen LogP contribution in [0.15, 0.2) is 41.4 Å². The highest BCUT2D eigenvalue weighted by molar-refractivity contribution is 7.92. The number of hydrogen-bond acceptors (Lipinski definition) is 5. The molecule has 9 heteroatoms. The Morgan fingerprint density at radius 1 is 1.23 bits per heavy atom. The van der Waals surface area contributed by atoms with Crippen LogP contribution in [0, 0.1) is 5.82 Å². The zero-order valence-corrected chi connectivity index (χ0v) is 15.6. The third-order valence-electron chi connectivity index (χ3n) is 4.90. The second kappa shape index (κ2) is 5.63. The van der Waals surface area contributed by atoms with Crippen molar-refractivity contribution >= 4 is 27.3 Å². The van der Waals surface area contributed by atoms with Crippen molar-refractivity contribution in [2.75, 3.05) is 4.72 Å². The first-order valence-electron chi connectivity index (χ1n) is 7.91. The number of hydrogen-bond donors (Lipinski definition) is 1. The van der Waals surface area contributed by atoms with Crippen molar-refractivity contribution in [3.05, 3.63) is 53.1 Å². The summed E-state index contributed by atoms with van der Waals surface area (Å²) in [6.07, 6.45) is 1.65. The average Bonchev–Trinajstić information content (AvgIpc) is 2.98. The molecule has 1 aliphatic heterocycles. The lowest BCUT2D eigenvalue weighted by atomic mass is 10.2. The Labute approximate surface area is 155 Å². The van der Waals surface area contributed by atoms with Gasteiger partial charge < -0.3 is 9.47 Å².